The Hall–Kier alpha value is -1.61. The number of unbranched alkanes of at least 4 members (excludes halogenated alkanes) is 11. The van der Waals surface area contributed by atoms with Crippen LogP contribution in [0.3, 0.4) is 0 Å². The third-order valence-electron chi connectivity index (χ3n) is 5.40. The van der Waals surface area contributed by atoms with Crippen LogP contribution >= 0.6 is 0 Å². The molecule has 28 heavy (non-hydrogen) atoms. The second-order valence-electron chi connectivity index (χ2n) is 7.92. The summed E-state index contributed by atoms with van der Waals surface area (Å²) < 4.78 is 5.65. The summed E-state index contributed by atoms with van der Waals surface area (Å²) in [5, 5.41) is 10.3. The molecule has 0 fully saturated rings. The summed E-state index contributed by atoms with van der Waals surface area (Å²) in [6.45, 7) is 2.73. The molecule has 156 valence electrons. The highest BCUT2D eigenvalue weighted by Crippen LogP contribution is 2.16. The first kappa shape index (κ1) is 22.7. The summed E-state index contributed by atoms with van der Waals surface area (Å²) in [5.74, 6) is 0.642. The molecule has 2 rings (SSSR count). The monoisotopic (exact) mass is 385 g/mol. The molecule has 1 aromatic carbocycles. The Morgan fingerprint density at radius 2 is 1.57 bits per heavy atom. The number of ether oxygens (including phenoxy) is 1. The van der Waals surface area contributed by atoms with Crippen LogP contribution in [-0.4, -0.2) is 29.8 Å². The highest BCUT2D eigenvalue weighted by molar-refractivity contribution is 5.95. The van der Waals surface area contributed by atoms with Crippen molar-refractivity contribution in [1.29, 1.82) is 0 Å². The molecule has 0 saturated carbocycles. The lowest BCUT2D eigenvalue weighted by atomic mass is 10.0. The molecular formula is C25H39NO2. The minimum absolute atomic E-state index is 0.191. The van der Waals surface area contributed by atoms with Crippen molar-refractivity contribution in [1.82, 2.24) is 0 Å². The molecule has 0 aromatic heterocycles. The van der Waals surface area contributed by atoms with Crippen LogP contribution < -0.4 is 0 Å². The number of aliphatic imine (C=N–C) groups is 1. The van der Waals surface area contributed by atoms with E-state index in [1.807, 2.05) is 36.4 Å². The van der Waals surface area contributed by atoms with Crippen LogP contribution in [0.5, 0.6) is 0 Å². The minimum Gasteiger partial charge on any atom is -0.475 e. The van der Waals surface area contributed by atoms with Gasteiger partial charge in [0.2, 0.25) is 5.90 Å². The Morgan fingerprint density at radius 1 is 0.964 bits per heavy atom. The van der Waals surface area contributed by atoms with Gasteiger partial charge in [-0.25, -0.2) is 4.99 Å². The van der Waals surface area contributed by atoms with E-state index in [4.69, 9.17) is 4.74 Å². The van der Waals surface area contributed by atoms with Crippen LogP contribution in [0.1, 0.15) is 89.5 Å². The van der Waals surface area contributed by atoms with E-state index in [0.29, 0.717) is 12.5 Å². The molecule has 1 aliphatic heterocycles. The Morgan fingerprint density at radius 3 is 2.21 bits per heavy atom. The Bertz CT molecular complexity index is 567. The fourth-order valence-electron chi connectivity index (χ4n) is 3.59. The fraction of sp³-hybridized carbons (Fsp3) is 0.640. The molecule has 2 unspecified atom stereocenters. The molecule has 2 atom stereocenters. The van der Waals surface area contributed by atoms with Crippen molar-refractivity contribution in [3.63, 3.8) is 0 Å². The maximum absolute atomic E-state index is 10.3. The van der Waals surface area contributed by atoms with Crippen molar-refractivity contribution in [2.24, 2.45) is 4.99 Å². The van der Waals surface area contributed by atoms with E-state index >= 15 is 0 Å². The maximum Gasteiger partial charge on any atom is 0.216 e. The molecule has 1 heterocycles. The lowest BCUT2D eigenvalue weighted by Crippen LogP contribution is -2.23. The van der Waals surface area contributed by atoms with Gasteiger partial charge >= 0.3 is 0 Å². The lowest BCUT2D eigenvalue weighted by molar-refractivity contribution is 0.168. The number of benzene rings is 1. The lowest BCUT2D eigenvalue weighted by Gasteiger charge is -2.08. The molecule has 0 radical (unpaired) electrons. The van der Waals surface area contributed by atoms with Crippen molar-refractivity contribution in [2.75, 3.05) is 6.61 Å². The molecular weight excluding hydrogens is 346 g/mol. The van der Waals surface area contributed by atoms with E-state index in [1.54, 1.807) is 0 Å². The quantitative estimate of drug-likeness (QED) is 0.278. The van der Waals surface area contributed by atoms with Crippen LogP contribution in [0.4, 0.5) is 0 Å². The molecule has 0 aliphatic carbocycles. The van der Waals surface area contributed by atoms with Crippen LogP contribution in [0, 0.1) is 0 Å². The maximum atomic E-state index is 10.3. The number of aliphatic hydroxyl groups is 1. The van der Waals surface area contributed by atoms with E-state index in [1.165, 1.54) is 70.6 Å². The van der Waals surface area contributed by atoms with Gasteiger partial charge in [0.15, 0.2) is 0 Å². The number of hydrogen-bond acceptors (Lipinski definition) is 3. The molecule has 1 aromatic rings. The van der Waals surface area contributed by atoms with E-state index in [2.05, 4.69) is 18.0 Å². The highest BCUT2D eigenvalue weighted by atomic mass is 16.5. The van der Waals surface area contributed by atoms with Gasteiger partial charge in [0.1, 0.15) is 12.6 Å². The molecule has 0 saturated heterocycles. The zero-order valence-electron chi connectivity index (χ0n) is 17.7. The van der Waals surface area contributed by atoms with Gasteiger partial charge in [0.05, 0.1) is 6.10 Å². The van der Waals surface area contributed by atoms with Crippen molar-refractivity contribution >= 4 is 5.90 Å². The molecule has 3 nitrogen and oxygen atoms in total. The van der Waals surface area contributed by atoms with E-state index < -0.39 is 6.10 Å². The SMILES string of the molecule is CCCCCCCCCCCCC/C=C/C(O)C1COC(c2ccccc2)=N1. The number of nitrogens with zero attached hydrogens (tertiary/aromatic N) is 1. The summed E-state index contributed by atoms with van der Waals surface area (Å²) in [6.07, 6.45) is 19.5. The Kier molecular flexibility index (Phi) is 11.7. The zero-order valence-corrected chi connectivity index (χ0v) is 17.7. The third kappa shape index (κ3) is 9.05. The summed E-state index contributed by atoms with van der Waals surface area (Å²) >= 11 is 0. The van der Waals surface area contributed by atoms with Crippen molar-refractivity contribution < 1.29 is 9.84 Å². The predicted molar refractivity (Wildman–Crippen MR) is 119 cm³/mol. The van der Waals surface area contributed by atoms with Crippen LogP contribution in [-0.2, 0) is 4.74 Å². The van der Waals surface area contributed by atoms with Gasteiger partial charge in [0.25, 0.3) is 0 Å². The summed E-state index contributed by atoms with van der Waals surface area (Å²) in [7, 11) is 0. The van der Waals surface area contributed by atoms with E-state index in [-0.39, 0.29) is 6.04 Å². The third-order valence-corrected chi connectivity index (χ3v) is 5.40. The zero-order chi connectivity index (χ0) is 19.9. The van der Waals surface area contributed by atoms with Gasteiger partial charge in [-0.15, -0.1) is 0 Å². The average Bonchev–Trinajstić information content (AvgIpc) is 3.22. The molecule has 1 N–H and O–H groups in total. The first-order chi connectivity index (χ1) is 13.8. The van der Waals surface area contributed by atoms with Crippen LogP contribution in [0.2, 0.25) is 0 Å². The molecule has 0 amide bonds. The van der Waals surface area contributed by atoms with Crippen LogP contribution in [0.15, 0.2) is 47.5 Å². The summed E-state index contributed by atoms with van der Waals surface area (Å²) in [5.41, 5.74) is 0.974. The van der Waals surface area contributed by atoms with Gasteiger partial charge < -0.3 is 9.84 Å². The van der Waals surface area contributed by atoms with Crippen molar-refractivity contribution in [2.45, 2.75) is 96.1 Å². The smallest absolute Gasteiger partial charge is 0.216 e. The standard InChI is InChI=1S/C25H39NO2/c1-2-3-4-5-6-7-8-9-10-11-12-13-17-20-24(27)23-21-28-25(26-23)22-18-15-14-16-19-22/h14-20,23-24,27H,2-13,21H2,1H3/b20-17+. The van der Waals surface area contributed by atoms with Crippen LogP contribution in [0.25, 0.3) is 0 Å². The number of aliphatic hydroxyl groups excluding tert-OH is 1. The van der Waals surface area contributed by atoms with Gasteiger partial charge in [-0.1, -0.05) is 101 Å². The number of allylic oxidation sites excluding steroid dienone is 1. The summed E-state index contributed by atoms with van der Waals surface area (Å²) in [6, 6.07) is 9.69. The predicted octanol–water partition coefficient (Wildman–Crippen LogP) is 6.45. The second-order valence-corrected chi connectivity index (χ2v) is 7.92. The Balaban J connectivity index is 1.49. The fourth-order valence-corrected chi connectivity index (χ4v) is 3.59. The van der Waals surface area contributed by atoms with E-state index in [0.717, 1.165) is 12.0 Å². The highest BCUT2D eigenvalue weighted by Gasteiger charge is 2.24. The number of hydrogen-bond donors (Lipinski definition) is 1. The summed E-state index contributed by atoms with van der Waals surface area (Å²) in [4.78, 5) is 4.53. The van der Waals surface area contributed by atoms with Gasteiger partial charge in [0, 0.05) is 5.56 Å². The number of rotatable bonds is 15. The topological polar surface area (TPSA) is 41.8 Å². The van der Waals surface area contributed by atoms with Gasteiger partial charge in [-0.05, 0) is 25.0 Å². The molecule has 0 bridgehead atoms. The minimum atomic E-state index is -0.561. The van der Waals surface area contributed by atoms with Gasteiger partial charge in [-0.2, -0.15) is 0 Å². The molecule has 0 spiro atoms. The average molecular weight is 386 g/mol. The Labute approximate surface area is 171 Å². The van der Waals surface area contributed by atoms with E-state index in [9.17, 15) is 5.11 Å². The van der Waals surface area contributed by atoms with Gasteiger partial charge in [-0.3, -0.25) is 0 Å². The second kappa shape index (κ2) is 14.4. The first-order valence-electron chi connectivity index (χ1n) is 11.4. The largest absolute Gasteiger partial charge is 0.475 e. The molecule has 3 heteroatoms. The normalized spacial score (nSPS) is 17.6. The first-order valence-corrected chi connectivity index (χ1v) is 11.4. The van der Waals surface area contributed by atoms with Crippen molar-refractivity contribution in [3.05, 3.63) is 48.0 Å². The van der Waals surface area contributed by atoms with Crippen molar-refractivity contribution in [3.8, 4) is 0 Å². The molecule has 1 aliphatic rings.